The molecule has 4 heteroatoms. The van der Waals surface area contributed by atoms with Gasteiger partial charge in [-0.15, -0.1) is 0 Å². The first-order valence-corrected chi connectivity index (χ1v) is 4.95. The summed E-state index contributed by atoms with van der Waals surface area (Å²) in [5.41, 5.74) is -0.498. The van der Waals surface area contributed by atoms with Crippen molar-refractivity contribution in [3.05, 3.63) is 29.6 Å². The molecule has 15 heavy (non-hydrogen) atoms. The maximum Gasteiger partial charge on any atom is 0.416 e. The minimum Gasteiger partial charge on any atom is -0.264 e. The van der Waals surface area contributed by atoms with E-state index in [1.807, 2.05) is 6.92 Å². The van der Waals surface area contributed by atoms with Crippen LogP contribution in [0.25, 0.3) is 0 Å². The number of pyridine rings is 1. The molecule has 2 rings (SSSR count). The summed E-state index contributed by atoms with van der Waals surface area (Å²) >= 11 is 0. The van der Waals surface area contributed by atoms with E-state index in [0.29, 0.717) is 5.56 Å². The summed E-state index contributed by atoms with van der Waals surface area (Å²) in [4.78, 5) is 3.81. The van der Waals surface area contributed by atoms with E-state index in [-0.39, 0.29) is 5.41 Å². The van der Waals surface area contributed by atoms with Crippen molar-refractivity contribution in [3.8, 4) is 0 Å². The maximum atomic E-state index is 12.7. The number of aromatic nitrogens is 1. The third-order valence-electron chi connectivity index (χ3n) is 3.23. The van der Waals surface area contributed by atoms with Crippen LogP contribution in [0.5, 0.6) is 0 Å². The van der Waals surface area contributed by atoms with Crippen LogP contribution in [0.4, 0.5) is 13.2 Å². The molecule has 0 spiro atoms. The lowest BCUT2D eigenvalue weighted by Gasteiger charge is -2.40. The molecule has 0 aliphatic heterocycles. The molecule has 0 unspecified atom stereocenters. The van der Waals surface area contributed by atoms with Gasteiger partial charge in [0, 0.05) is 12.4 Å². The normalized spacial score (nSPS) is 19.7. The van der Waals surface area contributed by atoms with Crippen molar-refractivity contribution in [3.63, 3.8) is 0 Å². The summed E-state index contributed by atoms with van der Waals surface area (Å²) in [5, 5.41) is 0. The lowest BCUT2D eigenvalue weighted by Crippen LogP contribution is -2.33. The highest BCUT2D eigenvalue weighted by Gasteiger charge is 2.42. The zero-order chi connectivity index (χ0) is 11.1. The number of nitrogens with zero attached hydrogens (tertiary/aromatic N) is 1. The fraction of sp³-hybridized carbons (Fsp3) is 0.545. The number of rotatable bonds is 1. The fourth-order valence-corrected chi connectivity index (χ4v) is 2.10. The number of halogens is 3. The van der Waals surface area contributed by atoms with Crippen LogP contribution in [0.15, 0.2) is 18.5 Å². The van der Waals surface area contributed by atoms with Gasteiger partial charge in [0.05, 0.1) is 5.56 Å². The topological polar surface area (TPSA) is 12.9 Å². The maximum absolute atomic E-state index is 12.7. The largest absolute Gasteiger partial charge is 0.416 e. The van der Waals surface area contributed by atoms with Gasteiger partial charge in [0.15, 0.2) is 0 Å². The number of alkyl halides is 3. The highest BCUT2D eigenvalue weighted by molar-refractivity contribution is 5.34. The van der Waals surface area contributed by atoms with Gasteiger partial charge in [0.2, 0.25) is 0 Å². The lowest BCUT2D eigenvalue weighted by molar-refractivity contribution is -0.139. The minimum atomic E-state index is -4.27. The first kappa shape index (κ1) is 10.5. The van der Waals surface area contributed by atoms with Gasteiger partial charge >= 0.3 is 6.18 Å². The van der Waals surface area contributed by atoms with Crippen LogP contribution in [-0.2, 0) is 11.6 Å². The Balaban J connectivity index is 2.47. The molecule has 0 saturated heterocycles. The molecule has 1 heterocycles. The van der Waals surface area contributed by atoms with Crippen molar-refractivity contribution in [1.82, 2.24) is 4.98 Å². The van der Waals surface area contributed by atoms with Crippen LogP contribution in [0.2, 0.25) is 0 Å². The predicted molar refractivity (Wildman–Crippen MR) is 50.4 cm³/mol. The van der Waals surface area contributed by atoms with Crippen molar-refractivity contribution in [2.24, 2.45) is 0 Å². The van der Waals surface area contributed by atoms with E-state index in [2.05, 4.69) is 4.98 Å². The summed E-state index contributed by atoms with van der Waals surface area (Å²) in [6, 6.07) is 1.07. The predicted octanol–water partition coefficient (Wildman–Crippen LogP) is 3.54. The van der Waals surface area contributed by atoms with Crippen LogP contribution >= 0.6 is 0 Å². The summed E-state index contributed by atoms with van der Waals surface area (Å²) < 4.78 is 38.1. The van der Waals surface area contributed by atoms with Gasteiger partial charge in [0.25, 0.3) is 0 Å². The van der Waals surface area contributed by atoms with E-state index in [1.54, 1.807) is 0 Å². The molecule has 82 valence electrons. The van der Waals surface area contributed by atoms with Crippen LogP contribution in [0.1, 0.15) is 37.3 Å². The van der Waals surface area contributed by atoms with Gasteiger partial charge in [-0.1, -0.05) is 13.3 Å². The van der Waals surface area contributed by atoms with E-state index in [0.717, 1.165) is 25.3 Å². The Hall–Kier alpha value is -1.06. The molecule has 1 aromatic rings. The van der Waals surface area contributed by atoms with Crippen molar-refractivity contribution in [1.29, 1.82) is 0 Å². The number of hydrogen-bond acceptors (Lipinski definition) is 1. The minimum absolute atomic E-state index is 0.320. The smallest absolute Gasteiger partial charge is 0.264 e. The van der Waals surface area contributed by atoms with Crippen molar-refractivity contribution in [2.45, 2.75) is 37.8 Å². The summed E-state index contributed by atoms with van der Waals surface area (Å²) in [7, 11) is 0. The molecule has 0 radical (unpaired) electrons. The Morgan fingerprint density at radius 2 is 2.00 bits per heavy atom. The first-order chi connectivity index (χ1) is 6.93. The van der Waals surface area contributed by atoms with Crippen LogP contribution in [-0.4, -0.2) is 4.98 Å². The summed E-state index contributed by atoms with van der Waals surface area (Å²) in [5.74, 6) is 0. The van der Waals surface area contributed by atoms with Crippen molar-refractivity contribution in [2.75, 3.05) is 0 Å². The molecule has 0 N–H and O–H groups in total. The van der Waals surface area contributed by atoms with E-state index in [4.69, 9.17) is 0 Å². The van der Waals surface area contributed by atoms with Gasteiger partial charge in [-0.2, -0.15) is 13.2 Å². The molecule has 1 saturated carbocycles. The molecule has 1 nitrogen and oxygen atoms in total. The molecule has 1 fully saturated rings. The molecule has 0 atom stereocenters. The van der Waals surface area contributed by atoms with E-state index < -0.39 is 11.7 Å². The zero-order valence-electron chi connectivity index (χ0n) is 8.43. The second-order valence-corrected chi connectivity index (χ2v) is 4.33. The zero-order valence-corrected chi connectivity index (χ0v) is 8.43. The first-order valence-electron chi connectivity index (χ1n) is 4.95. The quantitative estimate of drug-likeness (QED) is 0.698. The third kappa shape index (κ3) is 1.73. The van der Waals surface area contributed by atoms with Crippen LogP contribution < -0.4 is 0 Å². The Morgan fingerprint density at radius 3 is 2.47 bits per heavy atom. The van der Waals surface area contributed by atoms with Crippen molar-refractivity contribution >= 4 is 0 Å². The Bertz CT molecular complexity index is 366. The Labute approximate surface area is 86.3 Å². The van der Waals surface area contributed by atoms with E-state index in [9.17, 15) is 13.2 Å². The lowest BCUT2D eigenvalue weighted by atomic mass is 9.65. The van der Waals surface area contributed by atoms with Gasteiger partial charge in [0.1, 0.15) is 0 Å². The third-order valence-corrected chi connectivity index (χ3v) is 3.23. The molecule has 0 amide bonds. The average molecular weight is 215 g/mol. The standard InChI is InChI=1S/C11H12F3N/c1-10(4-2-5-10)9-7-15-6-3-8(9)11(12,13)14/h3,6-7H,2,4-5H2,1H3. The van der Waals surface area contributed by atoms with Gasteiger partial charge < -0.3 is 0 Å². The molecule has 0 bridgehead atoms. The van der Waals surface area contributed by atoms with Gasteiger partial charge in [-0.3, -0.25) is 4.98 Å². The summed E-state index contributed by atoms with van der Waals surface area (Å²) in [6.07, 6.45) is 0.944. The second-order valence-electron chi connectivity index (χ2n) is 4.33. The Kier molecular flexibility index (Phi) is 2.24. The molecular formula is C11H12F3N. The summed E-state index contributed by atoms with van der Waals surface area (Å²) in [6.45, 7) is 1.88. The number of hydrogen-bond donors (Lipinski definition) is 0. The van der Waals surface area contributed by atoms with Gasteiger partial charge in [-0.25, -0.2) is 0 Å². The molecule has 1 aliphatic carbocycles. The Morgan fingerprint density at radius 1 is 1.33 bits per heavy atom. The molecule has 0 aromatic carbocycles. The SMILES string of the molecule is CC1(c2cnccc2C(F)(F)F)CCC1. The molecule has 1 aliphatic rings. The van der Waals surface area contributed by atoms with E-state index in [1.165, 1.54) is 12.4 Å². The fourth-order valence-electron chi connectivity index (χ4n) is 2.10. The van der Waals surface area contributed by atoms with Gasteiger partial charge in [-0.05, 0) is 29.9 Å². The monoisotopic (exact) mass is 215 g/mol. The van der Waals surface area contributed by atoms with Crippen LogP contribution in [0, 0.1) is 0 Å². The highest BCUT2D eigenvalue weighted by atomic mass is 19.4. The van der Waals surface area contributed by atoms with E-state index >= 15 is 0 Å². The van der Waals surface area contributed by atoms with Crippen LogP contribution in [0.3, 0.4) is 0 Å². The average Bonchev–Trinajstić information content (AvgIpc) is 2.13. The second kappa shape index (κ2) is 3.22. The molecule has 1 aromatic heterocycles. The van der Waals surface area contributed by atoms with Crippen molar-refractivity contribution < 1.29 is 13.2 Å². The molecular weight excluding hydrogens is 203 g/mol. The highest BCUT2D eigenvalue weighted by Crippen LogP contribution is 2.47.